The number of hydrogen-bond acceptors (Lipinski definition) is 4. The Labute approximate surface area is 106 Å². The molecule has 0 atom stereocenters. The van der Waals surface area contributed by atoms with Crippen LogP contribution in [0.4, 0.5) is 5.95 Å². The first-order chi connectivity index (χ1) is 9.53. The van der Waals surface area contributed by atoms with Gasteiger partial charge >= 0.3 is 0 Å². The van der Waals surface area contributed by atoms with Crippen molar-refractivity contribution in [2.24, 2.45) is 0 Å². The molecule has 0 bridgehead atoms. The van der Waals surface area contributed by atoms with Crippen LogP contribution in [0.2, 0.25) is 0 Å². The highest BCUT2D eigenvalue weighted by Crippen LogP contribution is 2.15. The predicted molar refractivity (Wildman–Crippen MR) is 65.8 cm³/mol. The Kier molecular flexibility index (Phi) is 1.60. The van der Waals surface area contributed by atoms with Gasteiger partial charge in [-0.05, 0) is 39.7 Å². The summed E-state index contributed by atoms with van der Waals surface area (Å²) in [6.45, 7) is 3.20. The molecule has 0 saturated carbocycles. The molecule has 2 aromatic rings. The van der Waals surface area contributed by atoms with Crippen molar-refractivity contribution in [3.8, 4) is 6.07 Å². The third-order valence-electron chi connectivity index (χ3n) is 2.02. The zero-order valence-electron chi connectivity index (χ0n) is 13.9. The molecular weight excluding hydrogens is 214 g/mol. The SMILES string of the molecule is [2H]c1cc(C#N)c2nc(NC(C)(C)C)nn2c1C([2H])([2H])[2H]. The third kappa shape index (κ3) is 2.21. The number of aryl methyl sites for hydroxylation is 1. The Balaban J connectivity index is 2.76. The van der Waals surface area contributed by atoms with Crippen molar-refractivity contribution in [3.63, 3.8) is 0 Å². The molecule has 0 unspecified atom stereocenters. The highest BCUT2D eigenvalue weighted by Gasteiger charge is 2.15. The van der Waals surface area contributed by atoms with E-state index in [9.17, 15) is 0 Å². The quantitative estimate of drug-likeness (QED) is 0.819. The summed E-state index contributed by atoms with van der Waals surface area (Å²) >= 11 is 0. The van der Waals surface area contributed by atoms with Gasteiger partial charge in [0.15, 0.2) is 5.65 Å². The molecule has 0 aliphatic heterocycles. The van der Waals surface area contributed by atoms with Crippen LogP contribution in [0.5, 0.6) is 0 Å². The average Bonchev–Trinajstić information content (AvgIpc) is 2.65. The van der Waals surface area contributed by atoms with E-state index >= 15 is 0 Å². The molecule has 88 valence electrons. The largest absolute Gasteiger partial charge is 0.348 e. The van der Waals surface area contributed by atoms with E-state index in [4.69, 9.17) is 10.7 Å². The Morgan fingerprint density at radius 2 is 2.35 bits per heavy atom. The number of fused-ring (bicyclic) bond motifs is 1. The molecule has 0 radical (unpaired) electrons. The highest BCUT2D eigenvalue weighted by atomic mass is 15.4. The lowest BCUT2D eigenvalue weighted by molar-refractivity contribution is 0.625. The smallest absolute Gasteiger partial charge is 0.243 e. The number of anilines is 1. The second kappa shape index (κ2) is 3.74. The second-order valence-corrected chi connectivity index (χ2v) is 4.71. The third-order valence-corrected chi connectivity index (χ3v) is 2.02. The molecule has 17 heavy (non-hydrogen) atoms. The number of nitriles is 1. The highest BCUT2D eigenvalue weighted by molar-refractivity contribution is 5.57. The number of nitrogens with zero attached hydrogens (tertiary/aromatic N) is 4. The van der Waals surface area contributed by atoms with Crippen LogP contribution < -0.4 is 5.32 Å². The van der Waals surface area contributed by atoms with Crippen LogP contribution in [0.25, 0.3) is 5.65 Å². The van der Waals surface area contributed by atoms with Gasteiger partial charge in [0, 0.05) is 15.3 Å². The Morgan fingerprint density at radius 3 is 2.94 bits per heavy atom. The molecule has 2 heterocycles. The molecule has 0 amide bonds. The number of nitrogens with one attached hydrogen (secondary N) is 1. The van der Waals surface area contributed by atoms with Crippen molar-refractivity contribution in [2.75, 3.05) is 5.32 Å². The Hall–Kier alpha value is -2.09. The van der Waals surface area contributed by atoms with Crippen molar-refractivity contribution >= 4 is 11.6 Å². The van der Waals surface area contributed by atoms with Gasteiger partial charge in [-0.2, -0.15) is 10.2 Å². The summed E-state index contributed by atoms with van der Waals surface area (Å²) in [6.07, 6.45) is 0. The minimum Gasteiger partial charge on any atom is -0.348 e. The number of rotatable bonds is 1. The maximum absolute atomic E-state index is 9.12. The standard InChI is InChI=1S/C12H15N5/c1-8-5-6-9(7-13)10-14-11(16-17(8)10)15-12(2,3)4/h5-6H,1-4H3,(H,15,16)/i1D3,5D. The lowest BCUT2D eigenvalue weighted by Gasteiger charge is -2.18. The topological polar surface area (TPSA) is 66.0 Å². The van der Waals surface area contributed by atoms with Crippen molar-refractivity contribution < 1.29 is 5.48 Å². The predicted octanol–water partition coefficient (Wildman–Crippen LogP) is 2.12. The molecule has 1 N–H and O–H groups in total. The van der Waals surface area contributed by atoms with Gasteiger partial charge < -0.3 is 5.32 Å². The summed E-state index contributed by atoms with van der Waals surface area (Å²) in [4.78, 5) is 4.17. The molecule has 2 rings (SSSR count). The van der Waals surface area contributed by atoms with Crippen molar-refractivity contribution in [1.29, 1.82) is 5.26 Å². The fourth-order valence-electron chi connectivity index (χ4n) is 1.38. The first-order valence-corrected chi connectivity index (χ1v) is 5.12. The van der Waals surface area contributed by atoms with Crippen LogP contribution in [0.1, 0.15) is 37.5 Å². The molecule has 0 fully saturated rings. The summed E-state index contributed by atoms with van der Waals surface area (Å²) < 4.78 is 31.5. The van der Waals surface area contributed by atoms with E-state index in [0.29, 0.717) is 0 Å². The fourth-order valence-corrected chi connectivity index (χ4v) is 1.38. The van der Waals surface area contributed by atoms with Crippen molar-refractivity contribution in [1.82, 2.24) is 14.6 Å². The van der Waals surface area contributed by atoms with Crippen LogP contribution in [0.3, 0.4) is 0 Å². The minimum atomic E-state index is -2.52. The van der Waals surface area contributed by atoms with E-state index in [0.717, 1.165) is 4.52 Å². The van der Waals surface area contributed by atoms with E-state index in [1.54, 1.807) is 0 Å². The fraction of sp³-hybridized carbons (Fsp3) is 0.417. The summed E-state index contributed by atoms with van der Waals surface area (Å²) in [6, 6.07) is 2.85. The summed E-state index contributed by atoms with van der Waals surface area (Å²) in [5.74, 6) is 0.218. The molecule has 5 nitrogen and oxygen atoms in total. The van der Waals surface area contributed by atoms with Gasteiger partial charge in [-0.3, -0.25) is 0 Å². The monoisotopic (exact) mass is 233 g/mol. The Bertz CT molecular complexity index is 733. The van der Waals surface area contributed by atoms with E-state index in [1.165, 1.54) is 6.07 Å². The van der Waals surface area contributed by atoms with Crippen molar-refractivity contribution in [3.05, 3.63) is 23.4 Å². The summed E-state index contributed by atoms with van der Waals surface area (Å²) in [5, 5.41) is 16.2. The average molecular weight is 233 g/mol. The van der Waals surface area contributed by atoms with Gasteiger partial charge in [0.2, 0.25) is 5.95 Å². The van der Waals surface area contributed by atoms with Crippen LogP contribution >= 0.6 is 0 Å². The molecule has 0 aliphatic carbocycles. The normalized spacial score (nSPS) is 15.6. The van der Waals surface area contributed by atoms with Crippen LogP contribution in [0, 0.1) is 18.2 Å². The van der Waals surface area contributed by atoms with Crippen molar-refractivity contribution in [2.45, 2.75) is 33.2 Å². The molecular formula is C12H15N5. The second-order valence-electron chi connectivity index (χ2n) is 4.71. The van der Waals surface area contributed by atoms with Gasteiger partial charge in [-0.1, -0.05) is 0 Å². The van der Waals surface area contributed by atoms with E-state index in [2.05, 4.69) is 15.4 Å². The van der Waals surface area contributed by atoms with E-state index < -0.39 is 6.85 Å². The summed E-state index contributed by atoms with van der Waals surface area (Å²) in [5.41, 5.74) is -0.332. The van der Waals surface area contributed by atoms with E-state index in [-0.39, 0.29) is 34.4 Å². The molecule has 0 spiro atoms. The molecule has 0 saturated heterocycles. The minimum absolute atomic E-state index is 0.113. The van der Waals surface area contributed by atoms with Gasteiger partial charge in [-0.25, -0.2) is 4.52 Å². The van der Waals surface area contributed by atoms with E-state index in [1.807, 2.05) is 26.8 Å². The first-order valence-electron chi connectivity index (χ1n) is 7.12. The maximum Gasteiger partial charge on any atom is 0.243 e. The van der Waals surface area contributed by atoms with Crippen LogP contribution in [-0.4, -0.2) is 20.1 Å². The van der Waals surface area contributed by atoms with Gasteiger partial charge in [0.25, 0.3) is 0 Å². The maximum atomic E-state index is 9.12. The molecule has 2 aromatic heterocycles. The summed E-state index contributed by atoms with van der Waals surface area (Å²) in [7, 11) is 0. The molecule has 0 aliphatic rings. The lowest BCUT2D eigenvalue weighted by atomic mass is 10.1. The Morgan fingerprint density at radius 1 is 1.59 bits per heavy atom. The molecule has 0 aromatic carbocycles. The van der Waals surface area contributed by atoms with Gasteiger partial charge in [0.1, 0.15) is 6.07 Å². The molecule has 5 heteroatoms. The lowest BCUT2D eigenvalue weighted by Crippen LogP contribution is -2.26. The van der Waals surface area contributed by atoms with Crippen LogP contribution in [0.15, 0.2) is 12.1 Å². The van der Waals surface area contributed by atoms with Gasteiger partial charge in [0.05, 0.1) is 6.93 Å². The zero-order valence-corrected chi connectivity index (χ0v) is 9.87. The number of aromatic nitrogens is 3. The zero-order chi connectivity index (χ0) is 16.0. The number of pyridine rings is 1. The van der Waals surface area contributed by atoms with Crippen LogP contribution in [-0.2, 0) is 0 Å². The first kappa shape index (κ1) is 7.28. The van der Waals surface area contributed by atoms with Gasteiger partial charge in [-0.15, -0.1) is 5.10 Å². The number of hydrogen-bond donors (Lipinski definition) is 1.